The second kappa shape index (κ2) is 4.04. The van der Waals surface area contributed by atoms with Gasteiger partial charge < -0.3 is 9.64 Å². The van der Waals surface area contributed by atoms with Crippen molar-refractivity contribution in [2.45, 2.75) is 25.8 Å². The average Bonchev–Trinajstić information content (AvgIpc) is 2.79. The van der Waals surface area contributed by atoms with E-state index in [2.05, 4.69) is 15.0 Å². The van der Waals surface area contributed by atoms with Crippen molar-refractivity contribution in [2.75, 3.05) is 13.7 Å². The van der Waals surface area contributed by atoms with Gasteiger partial charge in [0.1, 0.15) is 5.82 Å². The molecular formula is C12H14N4O2. The van der Waals surface area contributed by atoms with Crippen molar-refractivity contribution in [3.8, 4) is 5.88 Å². The fraction of sp³-hybridized carbons (Fsp3) is 0.500. The summed E-state index contributed by atoms with van der Waals surface area (Å²) in [7, 11) is 1.52. The van der Waals surface area contributed by atoms with Crippen LogP contribution in [0.25, 0.3) is 0 Å². The molecule has 18 heavy (non-hydrogen) atoms. The van der Waals surface area contributed by atoms with E-state index in [1.165, 1.54) is 7.11 Å². The molecule has 1 amide bonds. The molecule has 6 nitrogen and oxygen atoms in total. The normalized spacial score (nSPS) is 21.6. The summed E-state index contributed by atoms with van der Waals surface area (Å²) in [6.07, 6.45) is 3.77. The van der Waals surface area contributed by atoms with Crippen LogP contribution in [-0.4, -0.2) is 46.7 Å². The van der Waals surface area contributed by atoms with E-state index < -0.39 is 0 Å². The lowest BCUT2D eigenvalue weighted by Crippen LogP contribution is -2.35. The van der Waals surface area contributed by atoms with Gasteiger partial charge in [-0.2, -0.15) is 4.98 Å². The van der Waals surface area contributed by atoms with Crippen molar-refractivity contribution in [1.29, 1.82) is 0 Å². The lowest BCUT2D eigenvalue weighted by molar-refractivity contribution is 0.0768. The summed E-state index contributed by atoms with van der Waals surface area (Å²) in [5.74, 6) is 0.809. The molecule has 1 fully saturated rings. The highest BCUT2D eigenvalue weighted by Gasteiger charge is 2.34. The topological polar surface area (TPSA) is 67.7 Å². The third kappa shape index (κ3) is 1.56. The molecule has 3 heterocycles. The Morgan fingerprint density at radius 3 is 3.06 bits per heavy atom. The fourth-order valence-corrected chi connectivity index (χ4v) is 2.44. The number of hydrogen-bond acceptors (Lipinski definition) is 5. The Bertz CT molecular complexity index is 541. The number of carbonyl (C=O) groups is 1. The van der Waals surface area contributed by atoms with E-state index in [1.54, 1.807) is 13.1 Å². The molecule has 0 N–H and O–H groups in total. The molecule has 3 rings (SSSR count). The van der Waals surface area contributed by atoms with Crippen molar-refractivity contribution in [2.24, 2.45) is 4.99 Å². The van der Waals surface area contributed by atoms with Crippen LogP contribution >= 0.6 is 0 Å². The maximum atomic E-state index is 12.4. The first-order valence-corrected chi connectivity index (χ1v) is 5.98. The highest BCUT2D eigenvalue weighted by molar-refractivity contribution is 6.01. The number of methoxy groups -OCH3 is 1. The summed E-state index contributed by atoms with van der Waals surface area (Å²) < 4.78 is 5.18. The van der Waals surface area contributed by atoms with Crippen LogP contribution in [0.15, 0.2) is 4.99 Å². The van der Waals surface area contributed by atoms with Gasteiger partial charge in [0.2, 0.25) is 5.88 Å². The van der Waals surface area contributed by atoms with Gasteiger partial charge in [-0.15, -0.1) is 0 Å². The summed E-state index contributed by atoms with van der Waals surface area (Å²) in [5, 5.41) is 0. The monoisotopic (exact) mass is 246 g/mol. The molecule has 1 aromatic rings. The smallest absolute Gasteiger partial charge is 0.275 e. The molecule has 0 radical (unpaired) electrons. The Labute approximate surface area is 105 Å². The highest BCUT2D eigenvalue weighted by atomic mass is 16.5. The second-order valence-corrected chi connectivity index (χ2v) is 4.46. The maximum absolute atomic E-state index is 12.4. The van der Waals surface area contributed by atoms with Crippen LogP contribution < -0.4 is 4.74 Å². The number of amides is 1. The highest BCUT2D eigenvalue weighted by Crippen LogP contribution is 2.33. The third-order valence-corrected chi connectivity index (χ3v) is 3.30. The molecule has 0 saturated carbocycles. The van der Waals surface area contributed by atoms with Crippen LogP contribution in [0.3, 0.4) is 0 Å². The Hall–Kier alpha value is -1.98. The van der Waals surface area contributed by atoms with Crippen LogP contribution in [0.4, 0.5) is 5.69 Å². The Morgan fingerprint density at radius 1 is 1.44 bits per heavy atom. The van der Waals surface area contributed by atoms with Crippen LogP contribution in [0.1, 0.15) is 29.2 Å². The van der Waals surface area contributed by atoms with E-state index in [0.717, 1.165) is 19.4 Å². The minimum atomic E-state index is -0.0752. The zero-order valence-corrected chi connectivity index (χ0v) is 10.4. The number of hydrogen-bond donors (Lipinski definition) is 0. The Kier molecular flexibility index (Phi) is 2.50. The maximum Gasteiger partial charge on any atom is 0.275 e. The fourth-order valence-electron chi connectivity index (χ4n) is 2.44. The van der Waals surface area contributed by atoms with E-state index >= 15 is 0 Å². The average molecular weight is 246 g/mol. The van der Waals surface area contributed by atoms with Crippen molar-refractivity contribution >= 4 is 17.8 Å². The molecule has 1 aromatic heterocycles. The summed E-state index contributed by atoms with van der Waals surface area (Å²) in [6.45, 7) is 2.51. The van der Waals surface area contributed by atoms with E-state index in [9.17, 15) is 4.79 Å². The predicted molar refractivity (Wildman–Crippen MR) is 65.5 cm³/mol. The van der Waals surface area contributed by atoms with E-state index in [0.29, 0.717) is 23.1 Å². The summed E-state index contributed by atoms with van der Waals surface area (Å²) >= 11 is 0. The number of aromatic nitrogens is 2. The Balaban J connectivity index is 2.17. The van der Waals surface area contributed by atoms with Crippen LogP contribution in [0.2, 0.25) is 0 Å². The largest absolute Gasteiger partial charge is 0.479 e. The third-order valence-electron chi connectivity index (χ3n) is 3.30. The van der Waals surface area contributed by atoms with Gasteiger partial charge in [0.25, 0.3) is 5.91 Å². The molecule has 94 valence electrons. The van der Waals surface area contributed by atoms with Crippen LogP contribution in [-0.2, 0) is 0 Å². The Morgan fingerprint density at radius 2 is 2.28 bits per heavy atom. The van der Waals surface area contributed by atoms with Crippen molar-refractivity contribution in [3.63, 3.8) is 0 Å². The minimum Gasteiger partial charge on any atom is -0.479 e. The number of fused-ring (bicyclic) bond motifs is 2. The predicted octanol–water partition coefficient (Wildman–Crippen LogP) is 1.11. The number of nitrogens with zero attached hydrogens (tertiary/aromatic N) is 4. The molecule has 6 heteroatoms. The lowest BCUT2D eigenvalue weighted by Gasteiger charge is -2.19. The molecule has 0 aliphatic carbocycles. The molecule has 2 aliphatic heterocycles. The van der Waals surface area contributed by atoms with Crippen molar-refractivity contribution < 1.29 is 9.53 Å². The van der Waals surface area contributed by atoms with Gasteiger partial charge in [0.05, 0.1) is 13.2 Å². The van der Waals surface area contributed by atoms with Crippen LogP contribution in [0, 0.1) is 6.92 Å². The first-order chi connectivity index (χ1) is 8.70. The second-order valence-electron chi connectivity index (χ2n) is 4.46. The molecule has 0 bridgehead atoms. The SMILES string of the molecule is COc1nc(C)nc2c1N=C[C@@H]1CCCN1C2=O. The van der Waals surface area contributed by atoms with Gasteiger partial charge in [0, 0.05) is 12.8 Å². The van der Waals surface area contributed by atoms with E-state index in [4.69, 9.17) is 4.74 Å². The zero-order chi connectivity index (χ0) is 12.7. The molecule has 1 saturated heterocycles. The quantitative estimate of drug-likeness (QED) is 0.744. The van der Waals surface area contributed by atoms with Gasteiger partial charge in [-0.3, -0.25) is 9.79 Å². The first-order valence-electron chi connectivity index (χ1n) is 5.98. The van der Waals surface area contributed by atoms with Crippen molar-refractivity contribution in [3.05, 3.63) is 11.5 Å². The van der Waals surface area contributed by atoms with Gasteiger partial charge in [0.15, 0.2) is 11.4 Å². The van der Waals surface area contributed by atoms with E-state index in [1.807, 2.05) is 4.90 Å². The molecule has 1 atom stereocenters. The first kappa shape index (κ1) is 11.1. The van der Waals surface area contributed by atoms with Gasteiger partial charge in [-0.05, 0) is 19.8 Å². The standard InChI is InChI=1S/C12H14N4O2/c1-7-14-10-9(11(15-7)18-2)13-6-8-4-3-5-16(8)12(10)17/h6,8H,3-5H2,1-2H3/t8-/m0/s1. The number of carbonyl (C=O) groups excluding carboxylic acids is 1. The number of ether oxygens (including phenoxy) is 1. The minimum absolute atomic E-state index is 0.0752. The summed E-state index contributed by atoms with van der Waals surface area (Å²) in [4.78, 5) is 27.0. The van der Waals surface area contributed by atoms with Crippen LogP contribution in [0.5, 0.6) is 5.88 Å². The number of rotatable bonds is 1. The molecule has 2 aliphatic rings. The zero-order valence-electron chi connectivity index (χ0n) is 10.4. The van der Waals surface area contributed by atoms with Gasteiger partial charge >= 0.3 is 0 Å². The van der Waals surface area contributed by atoms with E-state index in [-0.39, 0.29) is 11.9 Å². The van der Waals surface area contributed by atoms with Crippen molar-refractivity contribution in [1.82, 2.24) is 14.9 Å². The van der Waals surface area contributed by atoms with Gasteiger partial charge in [-0.1, -0.05) is 0 Å². The number of aliphatic imine (C=N–C) groups is 1. The summed E-state index contributed by atoms with van der Waals surface area (Å²) in [5.41, 5.74) is 0.794. The molecular weight excluding hydrogens is 232 g/mol. The van der Waals surface area contributed by atoms with Gasteiger partial charge in [-0.25, -0.2) is 4.98 Å². The molecule has 0 spiro atoms. The number of aryl methyl sites for hydroxylation is 1. The summed E-state index contributed by atoms with van der Waals surface area (Å²) in [6, 6.07) is 0.0803. The molecule has 0 aromatic carbocycles. The lowest BCUT2D eigenvalue weighted by atomic mass is 10.2. The molecule has 0 unspecified atom stereocenters.